The van der Waals surface area contributed by atoms with Crippen LogP contribution in [0.3, 0.4) is 0 Å². The van der Waals surface area contributed by atoms with Crippen molar-refractivity contribution in [1.82, 2.24) is 15.2 Å². The van der Waals surface area contributed by atoms with Crippen LogP contribution in [0.5, 0.6) is 0 Å². The van der Waals surface area contributed by atoms with E-state index in [0.29, 0.717) is 0 Å². The molecule has 1 fully saturated rings. The van der Waals surface area contributed by atoms with Gasteiger partial charge in [0, 0.05) is 36.4 Å². The summed E-state index contributed by atoms with van der Waals surface area (Å²) in [5.74, 6) is 0. The molecular formula is C18H18BrN3S. The van der Waals surface area contributed by atoms with Gasteiger partial charge in [0.2, 0.25) is 0 Å². The van der Waals surface area contributed by atoms with Crippen molar-refractivity contribution in [3.05, 3.63) is 62.9 Å². The first-order valence-corrected chi connectivity index (χ1v) is 9.48. The highest BCUT2D eigenvalue weighted by Gasteiger charge is 2.26. The Bertz CT molecular complexity index is 811. The molecule has 0 radical (unpaired) electrons. The van der Waals surface area contributed by atoms with Crippen LogP contribution >= 0.6 is 27.3 Å². The molecule has 1 saturated heterocycles. The van der Waals surface area contributed by atoms with E-state index in [-0.39, 0.29) is 6.04 Å². The van der Waals surface area contributed by atoms with Crippen LogP contribution in [-0.2, 0) is 0 Å². The zero-order valence-corrected chi connectivity index (χ0v) is 15.1. The van der Waals surface area contributed by atoms with Gasteiger partial charge in [0.25, 0.3) is 0 Å². The van der Waals surface area contributed by atoms with Crippen LogP contribution in [0, 0.1) is 0 Å². The lowest BCUT2D eigenvalue weighted by Crippen LogP contribution is -2.45. The Labute approximate surface area is 148 Å². The predicted octanol–water partition coefficient (Wildman–Crippen LogP) is 4.05. The second-order valence-electron chi connectivity index (χ2n) is 5.76. The number of benzene rings is 1. The summed E-state index contributed by atoms with van der Waals surface area (Å²) in [6.45, 7) is 4.18. The Morgan fingerprint density at radius 3 is 2.65 bits per heavy atom. The third-order valence-corrected chi connectivity index (χ3v) is 5.96. The topological polar surface area (TPSA) is 28.2 Å². The van der Waals surface area contributed by atoms with Gasteiger partial charge in [-0.2, -0.15) is 0 Å². The lowest BCUT2D eigenvalue weighted by atomic mass is 10.1. The van der Waals surface area contributed by atoms with E-state index >= 15 is 0 Å². The lowest BCUT2D eigenvalue weighted by molar-refractivity contribution is 0.198. The monoisotopic (exact) mass is 387 g/mol. The Kier molecular flexibility index (Phi) is 4.44. The van der Waals surface area contributed by atoms with Gasteiger partial charge in [0.05, 0.1) is 21.0 Å². The van der Waals surface area contributed by atoms with E-state index in [0.717, 1.165) is 37.4 Å². The second kappa shape index (κ2) is 6.69. The van der Waals surface area contributed by atoms with Crippen molar-refractivity contribution in [2.24, 2.45) is 0 Å². The van der Waals surface area contributed by atoms with Crippen LogP contribution in [-0.4, -0.2) is 36.1 Å². The number of piperazine rings is 1. The van der Waals surface area contributed by atoms with Gasteiger partial charge >= 0.3 is 0 Å². The van der Waals surface area contributed by atoms with Crippen molar-refractivity contribution in [1.29, 1.82) is 0 Å². The largest absolute Gasteiger partial charge is 0.314 e. The molecule has 0 aliphatic carbocycles. The van der Waals surface area contributed by atoms with Crippen LogP contribution < -0.4 is 5.32 Å². The summed E-state index contributed by atoms with van der Waals surface area (Å²) in [7, 11) is 0. The number of nitrogens with one attached hydrogen (secondary N) is 1. The maximum Gasteiger partial charge on any atom is 0.0871 e. The van der Waals surface area contributed by atoms with Crippen molar-refractivity contribution in [3.8, 4) is 0 Å². The van der Waals surface area contributed by atoms with E-state index < -0.39 is 0 Å². The van der Waals surface area contributed by atoms with Crippen LogP contribution in [0.1, 0.15) is 16.6 Å². The molecule has 0 bridgehead atoms. The van der Waals surface area contributed by atoms with Gasteiger partial charge in [-0.1, -0.05) is 24.3 Å². The number of hydrogen-bond donors (Lipinski definition) is 1. The van der Waals surface area contributed by atoms with Crippen molar-refractivity contribution in [3.63, 3.8) is 0 Å². The van der Waals surface area contributed by atoms with E-state index in [9.17, 15) is 0 Å². The molecule has 3 aromatic rings. The average molecular weight is 388 g/mol. The number of halogens is 1. The van der Waals surface area contributed by atoms with Gasteiger partial charge in [0.15, 0.2) is 0 Å². The van der Waals surface area contributed by atoms with E-state index in [2.05, 4.69) is 74.7 Å². The number of rotatable bonds is 3. The minimum atomic E-state index is 0.234. The molecule has 1 unspecified atom stereocenters. The number of para-hydroxylation sites is 1. The Hall–Kier alpha value is -1.27. The fourth-order valence-corrected chi connectivity index (χ4v) is 4.73. The molecule has 1 aliphatic heterocycles. The van der Waals surface area contributed by atoms with Gasteiger partial charge in [-0.25, -0.2) is 0 Å². The molecule has 1 aromatic carbocycles. The van der Waals surface area contributed by atoms with Crippen molar-refractivity contribution in [2.75, 3.05) is 26.2 Å². The third-order valence-electron chi connectivity index (χ3n) is 4.28. The quantitative estimate of drug-likeness (QED) is 0.734. The van der Waals surface area contributed by atoms with E-state index in [4.69, 9.17) is 4.98 Å². The number of fused-ring (bicyclic) bond motifs is 1. The van der Waals surface area contributed by atoms with Crippen molar-refractivity contribution in [2.45, 2.75) is 6.04 Å². The lowest BCUT2D eigenvalue weighted by Gasteiger charge is -2.34. The van der Waals surface area contributed by atoms with Crippen LogP contribution in [0.15, 0.2) is 52.3 Å². The molecule has 0 spiro atoms. The Morgan fingerprint density at radius 1 is 1.04 bits per heavy atom. The summed E-state index contributed by atoms with van der Waals surface area (Å²) in [6.07, 6.45) is 0. The average Bonchev–Trinajstić information content (AvgIpc) is 3.02. The molecule has 23 heavy (non-hydrogen) atoms. The number of thiophene rings is 1. The Morgan fingerprint density at radius 2 is 1.87 bits per heavy atom. The predicted molar refractivity (Wildman–Crippen MR) is 100 cm³/mol. The molecule has 0 amide bonds. The number of aromatic nitrogens is 1. The number of nitrogens with zero attached hydrogens (tertiary/aromatic N) is 2. The fourth-order valence-electron chi connectivity index (χ4n) is 3.16. The summed E-state index contributed by atoms with van der Waals surface area (Å²) in [5.41, 5.74) is 2.21. The third kappa shape index (κ3) is 3.19. The zero-order chi connectivity index (χ0) is 15.6. The summed E-state index contributed by atoms with van der Waals surface area (Å²) in [4.78, 5) is 8.85. The van der Waals surface area contributed by atoms with E-state index in [1.807, 2.05) is 0 Å². The smallest absolute Gasteiger partial charge is 0.0871 e. The molecule has 0 saturated carbocycles. The highest BCUT2D eigenvalue weighted by atomic mass is 79.9. The summed E-state index contributed by atoms with van der Waals surface area (Å²) >= 11 is 5.41. The van der Waals surface area contributed by atoms with Gasteiger partial charge in [-0.15, -0.1) is 11.3 Å². The maximum atomic E-state index is 4.97. The van der Waals surface area contributed by atoms with Gasteiger partial charge in [-0.05, 0) is 40.2 Å². The first kappa shape index (κ1) is 15.3. The SMILES string of the molecule is Brc1ccc(C(c2ccc3ccccc3n2)N2CCNCC2)s1. The van der Waals surface area contributed by atoms with Crippen molar-refractivity contribution < 1.29 is 0 Å². The molecular weight excluding hydrogens is 370 g/mol. The highest BCUT2D eigenvalue weighted by molar-refractivity contribution is 9.11. The molecule has 2 aromatic heterocycles. The standard InChI is InChI=1S/C18H18BrN3S/c19-17-8-7-16(23-17)18(22-11-9-20-10-12-22)15-6-5-13-3-1-2-4-14(13)21-15/h1-8,18,20H,9-12H2. The van der Waals surface area contributed by atoms with Gasteiger partial charge in [-0.3, -0.25) is 9.88 Å². The van der Waals surface area contributed by atoms with Crippen LogP contribution in [0.2, 0.25) is 0 Å². The van der Waals surface area contributed by atoms with Gasteiger partial charge in [0.1, 0.15) is 0 Å². The highest BCUT2D eigenvalue weighted by Crippen LogP contribution is 2.35. The molecule has 1 N–H and O–H groups in total. The van der Waals surface area contributed by atoms with E-state index in [1.165, 1.54) is 14.0 Å². The van der Waals surface area contributed by atoms with Gasteiger partial charge < -0.3 is 5.32 Å². The molecule has 5 heteroatoms. The molecule has 1 aliphatic rings. The molecule has 1 atom stereocenters. The summed E-state index contributed by atoms with van der Waals surface area (Å²) < 4.78 is 1.17. The Balaban J connectivity index is 1.78. The first-order valence-electron chi connectivity index (χ1n) is 7.87. The molecule has 3 heterocycles. The molecule has 118 valence electrons. The molecule has 4 rings (SSSR count). The summed E-state index contributed by atoms with van der Waals surface area (Å²) in [6, 6.07) is 17.3. The minimum Gasteiger partial charge on any atom is -0.314 e. The van der Waals surface area contributed by atoms with E-state index in [1.54, 1.807) is 11.3 Å². The van der Waals surface area contributed by atoms with Crippen LogP contribution in [0.4, 0.5) is 0 Å². The van der Waals surface area contributed by atoms with Crippen molar-refractivity contribution >= 4 is 38.2 Å². The zero-order valence-electron chi connectivity index (χ0n) is 12.7. The molecule has 3 nitrogen and oxygen atoms in total. The fraction of sp³-hybridized carbons (Fsp3) is 0.278. The number of pyridine rings is 1. The first-order chi connectivity index (χ1) is 11.3. The minimum absolute atomic E-state index is 0.234. The second-order valence-corrected chi connectivity index (χ2v) is 8.25. The normalized spacial score (nSPS) is 17.4. The number of hydrogen-bond acceptors (Lipinski definition) is 4. The maximum absolute atomic E-state index is 4.97. The van der Waals surface area contributed by atoms with Crippen LogP contribution in [0.25, 0.3) is 10.9 Å². The summed E-state index contributed by atoms with van der Waals surface area (Å²) in [5, 5.41) is 4.64.